The summed E-state index contributed by atoms with van der Waals surface area (Å²) in [6.07, 6.45) is 6.18. The molecule has 7 nitrogen and oxygen atoms in total. The van der Waals surface area contributed by atoms with E-state index in [1.165, 1.54) is 43.2 Å². The maximum absolute atomic E-state index is 14.4. The Balaban J connectivity index is 1.64. The number of rotatable bonds is 7. The molecule has 32 heavy (non-hydrogen) atoms. The lowest BCUT2D eigenvalue weighted by Crippen LogP contribution is -2.41. The number of pyridine rings is 1. The van der Waals surface area contributed by atoms with Crippen molar-refractivity contribution in [3.05, 3.63) is 39.9 Å². The summed E-state index contributed by atoms with van der Waals surface area (Å²) in [5, 5.41) is 3.16. The van der Waals surface area contributed by atoms with Crippen LogP contribution in [-0.2, 0) is 16.1 Å². The molecule has 0 aliphatic heterocycles. The molecule has 0 spiro atoms. The van der Waals surface area contributed by atoms with Gasteiger partial charge in [-0.05, 0) is 56.9 Å². The Bertz CT molecular complexity index is 1110. The van der Waals surface area contributed by atoms with Gasteiger partial charge in [-0.1, -0.05) is 6.42 Å². The molecule has 1 aromatic carbocycles. The number of nitrogens with one attached hydrogen (secondary N) is 1. The Hall–Kier alpha value is -2.90. The molecule has 2 aromatic rings. The van der Waals surface area contributed by atoms with Crippen LogP contribution in [0.15, 0.2) is 23.1 Å². The van der Waals surface area contributed by atoms with Crippen molar-refractivity contribution in [2.24, 2.45) is 17.8 Å². The van der Waals surface area contributed by atoms with Crippen LogP contribution in [-0.4, -0.2) is 36.2 Å². The largest absolute Gasteiger partial charge is 0.494 e. The fourth-order valence-electron chi connectivity index (χ4n) is 5.50. The minimum absolute atomic E-state index is 0.0322. The van der Waals surface area contributed by atoms with Crippen LogP contribution in [0.2, 0.25) is 0 Å². The van der Waals surface area contributed by atoms with E-state index < -0.39 is 17.2 Å². The van der Waals surface area contributed by atoms with Gasteiger partial charge >= 0.3 is 5.97 Å². The number of ether oxygens (including phenoxy) is 2. The van der Waals surface area contributed by atoms with Gasteiger partial charge < -0.3 is 19.4 Å². The first-order chi connectivity index (χ1) is 15.3. The lowest BCUT2D eigenvalue weighted by atomic mass is 9.84. The summed E-state index contributed by atoms with van der Waals surface area (Å²) in [4.78, 5) is 38.1. The second-order valence-corrected chi connectivity index (χ2v) is 8.92. The van der Waals surface area contributed by atoms with Crippen LogP contribution in [0.5, 0.6) is 5.75 Å². The Morgan fingerprint density at radius 2 is 2.06 bits per heavy atom. The van der Waals surface area contributed by atoms with Crippen molar-refractivity contribution in [2.75, 3.05) is 13.7 Å². The van der Waals surface area contributed by atoms with Gasteiger partial charge in [-0.25, -0.2) is 9.18 Å². The number of carbonyl (C=O) groups is 2. The van der Waals surface area contributed by atoms with Crippen LogP contribution in [0.4, 0.5) is 4.39 Å². The maximum Gasteiger partial charge on any atom is 0.343 e. The predicted octanol–water partition coefficient (Wildman–Crippen LogP) is 3.27. The molecule has 1 amide bonds. The number of benzene rings is 1. The van der Waals surface area contributed by atoms with Crippen LogP contribution in [0, 0.1) is 23.6 Å². The highest BCUT2D eigenvalue weighted by molar-refractivity contribution is 5.94. The number of amides is 1. The monoisotopic (exact) mass is 444 g/mol. The van der Waals surface area contributed by atoms with Crippen molar-refractivity contribution in [1.29, 1.82) is 0 Å². The molecule has 0 saturated heterocycles. The number of hydrogen-bond donors (Lipinski definition) is 1. The van der Waals surface area contributed by atoms with E-state index >= 15 is 0 Å². The van der Waals surface area contributed by atoms with Crippen LogP contribution >= 0.6 is 0 Å². The number of methoxy groups -OCH3 is 1. The molecule has 2 aliphatic carbocycles. The van der Waals surface area contributed by atoms with Gasteiger partial charge in [0.25, 0.3) is 0 Å². The van der Waals surface area contributed by atoms with E-state index in [1.807, 2.05) is 6.92 Å². The van der Waals surface area contributed by atoms with Gasteiger partial charge in [0.1, 0.15) is 12.1 Å². The van der Waals surface area contributed by atoms with Gasteiger partial charge in [0.05, 0.1) is 24.6 Å². The van der Waals surface area contributed by atoms with Gasteiger partial charge in [0, 0.05) is 18.3 Å². The van der Waals surface area contributed by atoms with Crippen LogP contribution < -0.4 is 15.5 Å². The SMILES string of the molecule is CCOC(=O)c1cn(CC(=O)N[C@H](C)[C@@H]2C[C@H]3CC[C@H]2C3)c2cc(F)c(OC)cc2c1=O. The molecule has 2 fully saturated rings. The zero-order valence-corrected chi connectivity index (χ0v) is 18.7. The molecule has 1 aromatic heterocycles. The molecule has 8 heteroatoms. The molecule has 1 N–H and O–H groups in total. The lowest BCUT2D eigenvalue weighted by molar-refractivity contribution is -0.122. The maximum atomic E-state index is 14.4. The van der Waals surface area contributed by atoms with Crippen LogP contribution in [0.1, 0.15) is 49.9 Å². The quantitative estimate of drug-likeness (QED) is 0.663. The minimum atomic E-state index is -0.785. The summed E-state index contributed by atoms with van der Waals surface area (Å²) >= 11 is 0. The molecular weight excluding hydrogens is 415 g/mol. The standard InChI is InChI=1S/C24H29FN2O5/c1-4-32-24(30)18-11-27(20-10-19(25)21(31-3)9-17(20)23(18)29)12-22(28)26-13(2)16-8-14-5-6-15(16)7-14/h9-11,13-16H,4-8,12H2,1-3H3,(H,26,28)/t13-,14+,15+,16+/m1/s1. The molecular formula is C24H29FN2O5. The van der Waals surface area contributed by atoms with Gasteiger partial charge in [-0.2, -0.15) is 0 Å². The average Bonchev–Trinajstić information content (AvgIpc) is 3.39. The van der Waals surface area contributed by atoms with Crippen molar-refractivity contribution in [3.63, 3.8) is 0 Å². The van der Waals surface area contributed by atoms with Gasteiger partial charge in [-0.3, -0.25) is 9.59 Å². The summed E-state index contributed by atoms with van der Waals surface area (Å²) < 4.78 is 25.8. The fraction of sp³-hybridized carbons (Fsp3) is 0.542. The Labute approximate surface area is 185 Å². The topological polar surface area (TPSA) is 86.6 Å². The van der Waals surface area contributed by atoms with Crippen molar-refractivity contribution < 1.29 is 23.5 Å². The predicted molar refractivity (Wildman–Crippen MR) is 117 cm³/mol. The van der Waals surface area contributed by atoms with E-state index in [0.717, 1.165) is 18.4 Å². The van der Waals surface area contributed by atoms with Crippen molar-refractivity contribution in [3.8, 4) is 5.75 Å². The van der Waals surface area contributed by atoms with Crippen molar-refractivity contribution >= 4 is 22.8 Å². The Kier molecular flexibility index (Phi) is 6.22. The normalized spacial score (nSPS) is 22.7. The van der Waals surface area contributed by atoms with Crippen LogP contribution in [0.25, 0.3) is 10.9 Å². The number of hydrogen-bond acceptors (Lipinski definition) is 5. The first-order valence-electron chi connectivity index (χ1n) is 11.2. The summed E-state index contributed by atoms with van der Waals surface area (Å²) in [7, 11) is 1.29. The minimum Gasteiger partial charge on any atom is -0.494 e. The first kappa shape index (κ1) is 22.3. The second-order valence-electron chi connectivity index (χ2n) is 8.92. The first-order valence-corrected chi connectivity index (χ1v) is 11.2. The number of esters is 1. The highest BCUT2D eigenvalue weighted by Gasteiger charge is 2.42. The Morgan fingerprint density at radius 1 is 1.28 bits per heavy atom. The zero-order valence-electron chi connectivity index (χ0n) is 18.7. The molecule has 4 atom stereocenters. The summed E-state index contributed by atoms with van der Waals surface area (Å²) in [6.45, 7) is 3.62. The smallest absolute Gasteiger partial charge is 0.343 e. The third-order valence-electron chi connectivity index (χ3n) is 6.99. The van der Waals surface area contributed by atoms with Crippen molar-refractivity contribution in [1.82, 2.24) is 9.88 Å². The highest BCUT2D eigenvalue weighted by Crippen LogP contribution is 2.49. The number of carbonyl (C=O) groups excluding carboxylic acids is 2. The summed E-state index contributed by atoms with van der Waals surface area (Å²) in [5.74, 6) is 0.103. The van der Waals surface area contributed by atoms with Gasteiger partial charge in [0.15, 0.2) is 11.6 Å². The molecule has 2 bridgehead atoms. The summed E-state index contributed by atoms with van der Waals surface area (Å²) in [6, 6.07) is 2.43. The number of nitrogens with zero attached hydrogens (tertiary/aromatic N) is 1. The number of halogens is 1. The molecule has 0 radical (unpaired) electrons. The Morgan fingerprint density at radius 3 is 2.69 bits per heavy atom. The zero-order chi connectivity index (χ0) is 23.0. The van der Waals surface area contributed by atoms with Crippen LogP contribution in [0.3, 0.4) is 0 Å². The lowest BCUT2D eigenvalue weighted by Gasteiger charge is -2.28. The van der Waals surface area contributed by atoms with Crippen molar-refractivity contribution in [2.45, 2.75) is 52.1 Å². The van der Waals surface area contributed by atoms with Gasteiger partial charge in [0.2, 0.25) is 11.3 Å². The number of aromatic nitrogens is 1. The molecule has 4 rings (SSSR count). The van der Waals surface area contributed by atoms with Gasteiger partial charge in [-0.15, -0.1) is 0 Å². The highest BCUT2D eigenvalue weighted by atomic mass is 19.1. The van der Waals surface area contributed by atoms with E-state index in [-0.39, 0.29) is 47.3 Å². The summed E-state index contributed by atoms with van der Waals surface area (Å²) in [5.41, 5.74) is -0.588. The average molecular weight is 445 g/mol. The van der Waals surface area contributed by atoms with E-state index in [9.17, 15) is 18.8 Å². The molecule has 0 unspecified atom stereocenters. The fourth-order valence-corrected chi connectivity index (χ4v) is 5.50. The van der Waals surface area contributed by atoms with E-state index in [2.05, 4.69) is 5.32 Å². The van der Waals surface area contributed by atoms with E-state index in [1.54, 1.807) is 6.92 Å². The third-order valence-corrected chi connectivity index (χ3v) is 6.99. The van der Waals surface area contributed by atoms with E-state index in [0.29, 0.717) is 11.8 Å². The molecule has 2 aliphatic rings. The molecule has 2 saturated carbocycles. The molecule has 1 heterocycles. The van der Waals surface area contributed by atoms with E-state index in [4.69, 9.17) is 9.47 Å². The number of fused-ring (bicyclic) bond motifs is 3. The molecule has 172 valence electrons. The third kappa shape index (κ3) is 4.10. The second kappa shape index (κ2) is 8.92.